The van der Waals surface area contributed by atoms with Crippen LogP contribution in [0.1, 0.15) is 5.56 Å². The minimum atomic E-state index is -3.74. The molecule has 0 aromatic heterocycles. The molecule has 0 spiro atoms. The van der Waals surface area contributed by atoms with Crippen molar-refractivity contribution in [3.05, 3.63) is 54.1 Å². The predicted octanol–water partition coefficient (Wildman–Crippen LogP) is 2.32. The number of hydrogen-bond donors (Lipinski definition) is 0. The standard InChI is InChI=1S/C14H12O5S/c15-20(16,12-4-2-1-3-5-12)19-9-11-6-7-13-14(8-11)18-10-17-13/h1-8H,9-10H2. The van der Waals surface area contributed by atoms with Crippen LogP contribution in [-0.2, 0) is 20.9 Å². The van der Waals surface area contributed by atoms with E-state index in [1.165, 1.54) is 12.1 Å². The maximum atomic E-state index is 12.0. The highest BCUT2D eigenvalue weighted by Gasteiger charge is 2.17. The topological polar surface area (TPSA) is 61.8 Å². The van der Waals surface area contributed by atoms with Gasteiger partial charge < -0.3 is 9.47 Å². The molecule has 0 saturated heterocycles. The van der Waals surface area contributed by atoms with Crippen LogP contribution in [0.15, 0.2) is 53.4 Å². The fourth-order valence-corrected chi connectivity index (χ4v) is 2.75. The van der Waals surface area contributed by atoms with Gasteiger partial charge in [0.2, 0.25) is 6.79 Å². The summed E-state index contributed by atoms with van der Waals surface area (Å²) < 4.78 is 39.4. The lowest BCUT2D eigenvalue weighted by molar-refractivity contribution is 0.174. The van der Waals surface area contributed by atoms with E-state index in [1.54, 1.807) is 36.4 Å². The molecule has 20 heavy (non-hydrogen) atoms. The van der Waals surface area contributed by atoms with Gasteiger partial charge >= 0.3 is 0 Å². The van der Waals surface area contributed by atoms with Crippen LogP contribution in [0, 0.1) is 0 Å². The van der Waals surface area contributed by atoms with Crippen LogP contribution in [0.4, 0.5) is 0 Å². The number of ether oxygens (including phenoxy) is 2. The Kier molecular flexibility index (Phi) is 3.33. The summed E-state index contributed by atoms with van der Waals surface area (Å²) in [6.07, 6.45) is 0. The fourth-order valence-electron chi connectivity index (χ4n) is 1.83. The Labute approximate surface area is 116 Å². The average molecular weight is 292 g/mol. The summed E-state index contributed by atoms with van der Waals surface area (Å²) in [5.74, 6) is 1.25. The van der Waals surface area contributed by atoms with Crippen LogP contribution in [0.25, 0.3) is 0 Å². The van der Waals surface area contributed by atoms with E-state index in [4.69, 9.17) is 13.7 Å². The maximum Gasteiger partial charge on any atom is 0.297 e. The molecule has 3 rings (SSSR count). The van der Waals surface area contributed by atoms with Gasteiger partial charge in [-0.3, -0.25) is 4.18 Å². The van der Waals surface area contributed by atoms with E-state index < -0.39 is 10.1 Å². The SMILES string of the molecule is O=S(=O)(OCc1ccc2c(c1)OCO2)c1ccccc1. The van der Waals surface area contributed by atoms with Gasteiger partial charge in [0.25, 0.3) is 10.1 Å². The molecule has 6 heteroatoms. The third kappa shape index (κ3) is 2.61. The molecule has 1 aliphatic rings. The van der Waals surface area contributed by atoms with Crippen LogP contribution >= 0.6 is 0 Å². The highest BCUT2D eigenvalue weighted by atomic mass is 32.2. The highest BCUT2D eigenvalue weighted by Crippen LogP contribution is 2.32. The molecule has 104 valence electrons. The van der Waals surface area contributed by atoms with Gasteiger partial charge in [0, 0.05) is 0 Å². The van der Waals surface area contributed by atoms with E-state index in [0.29, 0.717) is 17.1 Å². The Morgan fingerprint density at radius 3 is 2.55 bits per heavy atom. The summed E-state index contributed by atoms with van der Waals surface area (Å²) in [6, 6.07) is 13.2. The molecule has 0 atom stereocenters. The van der Waals surface area contributed by atoms with E-state index in [0.717, 1.165) is 0 Å². The van der Waals surface area contributed by atoms with Crippen LogP contribution in [0.2, 0.25) is 0 Å². The zero-order chi connectivity index (χ0) is 14.0. The third-order valence-corrected chi connectivity index (χ3v) is 4.13. The molecule has 0 N–H and O–H groups in total. The van der Waals surface area contributed by atoms with E-state index in [9.17, 15) is 8.42 Å². The number of benzene rings is 2. The van der Waals surface area contributed by atoms with Crippen molar-refractivity contribution in [1.82, 2.24) is 0 Å². The Morgan fingerprint density at radius 2 is 1.75 bits per heavy atom. The monoisotopic (exact) mass is 292 g/mol. The minimum absolute atomic E-state index is 0.0478. The lowest BCUT2D eigenvalue weighted by atomic mass is 10.2. The quantitative estimate of drug-likeness (QED) is 0.809. The first-order chi connectivity index (χ1) is 9.65. The number of hydrogen-bond acceptors (Lipinski definition) is 5. The molecule has 0 saturated carbocycles. The normalized spacial score (nSPS) is 13.4. The molecule has 0 bridgehead atoms. The Morgan fingerprint density at radius 1 is 1.00 bits per heavy atom. The van der Waals surface area contributed by atoms with E-state index in [1.807, 2.05) is 0 Å². The van der Waals surface area contributed by atoms with Gasteiger partial charge in [0.05, 0.1) is 11.5 Å². The molecule has 0 radical (unpaired) electrons. The zero-order valence-corrected chi connectivity index (χ0v) is 11.3. The predicted molar refractivity (Wildman–Crippen MR) is 71.0 cm³/mol. The lowest BCUT2D eigenvalue weighted by Crippen LogP contribution is -2.06. The van der Waals surface area contributed by atoms with Crippen molar-refractivity contribution in [2.45, 2.75) is 11.5 Å². The second-order valence-corrected chi connectivity index (χ2v) is 5.83. The first kappa shape index (κ1) is 13.0. The summed E-state index contributed by atoms with van der Waals surface area (Å²) in [6.45, 7) is 0.135. The van der Waals surface area contributed by atoms with Gasteiger partial charge in [0.1, 0.15) is 0 Å². The number of rotatable bonds is 4. The number of fused-ring (bicyclic) bond motifs is 1. The van der Waals surface area contributed by atoms with Crippen molar-refractivity contribution >= 4 is 10.1 Å². The van der Waals surface area contributed by atoms with Crippen molar-refractivity contribution in [2.24, 2.45) is 0 Å². The second-order valence-electron chi connectivity index (χ2n) is 4.22. The molecule has 1 heterocycles. The van der Waals surface area contributed by atoms with Gasteiger partial charge in [-0.2, -0.15) is 8.42 Å². The molecule has 2 aromatic carbocycles. The van der Waals surface area contributed by atoms with Crippen LogP contribution in [0.3, 0.4) is 0 Å². The fraction of sp³-hybridized carbons (Fsp3) is 0.143. The molecule has 1 aliphatic heterocycles. The lowest BCUT2D eigenvalue weighted by Gasteiger charge is -2.06. The van der Waals surface area contributed by atoms with Gasteiger partial charge in [-0.15, -0.1) is 0 Å². The van der Waals surface area contributed by atoms with E-state index in [2.05, 4.69) is 0 Å². The molecule has 0 unspecified atom stereocenters. The summed E-state index contributed by atoms with van der Waals surface area (Å²) in [5, 5.41) is 0. The Balaban J connectivity index is 1.73. The third-order valence-electron chi connectivity index (χ3n) is 2.85. The minimum Gasteiger partial charge on any atom is -0.454 e. The highest BCUT2D eigenvalue weighted by molar-refractivity contribution is 7.86. The Hall–Kier alpha value is -2.05. The van der Waals surface area contributed by atoms with E-state index in [-0.39, 0.29) is 18.3 Å². The van der Waals surface area contributed by atoms with Crippen molar-refractivity contribution in [3.8, 4) is 11.5 Å². The van der Waals surface area contributed by atoms with Gasteiger partial charge in [-0.05, 0) is 29.8 Å². The summed E-state index contributed by atoms with van der Waals surface area (Å²) in [4.78, 5) is 0.140. The smallest absolute Gasteiger partial charge is 0.297 e. The largest absolute Gasteiger partial charge is 0.454 e. The van der Waals surface area contributed by atoms with Crippen LogP contribution in [-0.4, -0.2) is 15.2 Å². The first-order valence-corrected chi connectivity index (χ1v) is 7.39. The van der Waals surface area contributed by atoms with Gasteiger partial charge in [-0.1, -0.05) is 24.3 Å². The van der Waals surface area contributed by atoms with Gasteiger partial charge in [0.15, 0.2) is 11.5 Å². The summed E-state index contributed by atoms with van der Waals surface area (Å²) in [7, 11) is -3.74. The molecule has 0 fully saturated rings. The van der Waals surface area contributed by atoms with Crippen molar-refractivity contribution < 1.29 is 22.1 Å². The molecule has 5 nitrogen and oxygen atoms in total. The van der Waals surface area contributed by atoms with E-state index >= 15 is 0 Å². The molecular formula is C14H12O5S. The van der Waals surface area contributed by atoms with Crippen LogP contribution in [0.5, 0.6) is 11.5 Å². The molecule has 0 aliphatic carbocycles. The van der Waals surface area contributed by atoms with Crippen LogP contribution < -0.4 is 9.47 Å². The first-order valence-electron chi connectivity index (χ1n) is 5.98. The van der Waals surface area contributed by atoms with Gasteiger partial charge in [-0.25, -0.2) is 0 Å². The Bertz CT molecular complexity index is 710. The second kappa shape index (κ2) is 5.15. The molecular weight excluding hydrogens is 280 g/mol. The summed E-state index contributed by atoms with van der Waals surface area (Å²) in [5.41, 5.74) is 0.703. The molecule has 2 aromatic rings. The van der Waals surface area contributed by atoms with Crippen molar-refractivity contribution in [1.29, 1.82) is 0 Å². The zero-order valence-electron chi connectivity index (χ0n) is 10.5. The van der Waals surface area contributed by atoms with Crippen molar-refractivity contribution in [2.75, 3.05) is 6.79 Å². The summed E-state index contributed by atoms with van der Waals surface area (Å²) >= 11 is 0. The molecule has 0 amide bonds. The maximum absolute atomic E-state index is 12.0. The average Bonchev–Trinajstić information content (AvgIpc) is 2.94. The van der Waals surface area contributed by atoms with Crippen molar-refractivity contribution in [3.63, 3.8) is 0 Å².